The standard InChI is InChI=1S/C12H18O6/c1-10(7(13)14)4-11(2,8(15)16)6-12(3,5-10)9(17)18/h4-6H2,1-3H3,(H,13,14)(H,15,16)(H,17,18)/p-3. The van der Waals surface area contributed by atoms with Gasteiger partial charge in [-0.15, -0.1) is 0 Å². The second kappa shape index (κ2) is 3.96. The van der Waals surface area contributed by atoms with Gasteiger partial charge in [0, 0.05) is 34.2 Å². The fraction of sp³-hybridized carbons (Fsp3) is 0.750. The predicted octanol–water partition coefficient (Wildman–Crippen LogP) is -2.56. The molecule has 0 unspecified atom stereocenters. The fourth-order valence-electron chi connectivity index (χ4n) is 3.20. The molecule has 0 aromatic rings. The zero-order valence-electron chi connectivity index (χ0n) is 10.6. The van der Waals surface area contributed by atoms with Crippen LogP contribution in [0.15, 0.2) is 0 Å². The molecule has 6 nitrogen and oxygen atoms in total. The zero-order chi connectivity index (χ0) is 14.4. The van der Waals surface area contributed by atoms with Crippen molar-refractivity contribution < 1.29 is 29.7 Å². The molecule has 0 saturated heterocycles. The van der Waals surface area contributed by atoms with E-state index in [1.54, 1.807) is 0 Å². The van der Waals surface area contributed by atoms with Crippen LogP contribution in [0, 0.1) is 16.2 Å². The summed E-state index contributed by atoms with van der Waals surface area (Å²) >= 11 is 0. The first-order chi connectivity index (χ1) is 7.95. The van der Waals surface area contributed by atoms with Gasteiger partial charge in [0.2, 0.25) is 0 Å². The lowest BCUT2D eigenvalue weighted by atomic mass is 9.54. The van der Waals surface area contributed by atoms with Gasteiger partial charge in [-0.2, -0.15) is 0 Å². The van der Waals surface area contributed by atoms with Gasteiger partial charge in [0.1, 0.15) is 0 Å². The third-order valence-electron chi connectivity index (χ3n) is 3.82. The highest BCUT2D eigenvalue weighted by atomic mass is 16.4. The minimum absolute atomic E-state index is 0.215. The first kappa shape index (κ1) is 14.5. The normalized spacial score (nSPS) is 40.2. The number of carboxylic acid groups (broad SMARTS) is 3. The number of carbonyl (C=O) groups is 3. The van der Waals surface area contributed by atoms with Crippen LogP contribution in [0.4, 0.5) is 0 Å². The van der Waals surface area contributed by atoms with E-state index in [1.807, 2.05) is 0 Å². The molecule has 0 N–H and O–H groups in total. The third-order valence-corrected chi connectivity index (χ3v) is 3.82. The van der Waals surface area contributed by atoms with E-state index in [1.165, 1.54) is 20.8 Å². The first-order valence-electron chi connectivity index (χ1n) is 5.60. The summed E-state index contributed by atoms with van der Waals surface area (Å²) < 4.78 is 0. The van der Waals surface area contributed by atoms with Crippen LogP contribution in [-0.2, 0) is 14.4 Å². The Morgan fingerprint density at radius 3 is 0.944 bits per heavy atom. The highest BCUT2D eigenvalue weighted by Crippen LogP contribution is 2.53. The average Bonchev–Trinajstić information content (AvgIpc) is 2.14. The maximum atomic E-state index is 11.2. The van der Waals surface area contributed by atoms with E-state index in [9.17, 15) is 29.7 Å². The van der Waals surface area contributed by atoms with E-state index >= 15 is 0 Å². The summed E-state index contributed by atoms with van der Waals surface area (Å²) in [4.78, 5) is 33.5. The molecule has 1 saturated carbocycles. The number of aliphatic carboxylic acids is 3. The molecule has 0 radical (unpaired) electrons. The molecular formula is C12H15O6-3. The fourth-order valence-corrected chi connectivity index (χ4v) is 3.20. The summed E-state index contributed by atoms with van der Waals surface area (Å²) in [7, 11) is 0. The number of carboxylic acids is 3. The van der Waals surface area contributed by atoms with Crippen molar-refractivity contribution in [2.24, 2.45) is 16.2 Å². The maximum Gasteiger partial charge on any atom is 0.0474 e. The van der Waals surface area contributed by atoms with Gasteiger partial charge in [-0.3, -0.25) is 0 Å². The molecule has 18 heavy (non-hydrogen) atoms. The molecule has 1 rings (SSSR count). The van der Waals surface area contributed by atoms with E-state index < -0.39 is 34.2 Å². The molecule has 0 aromatic carbocycles. The van der Waals surface area contributed by atoms with Crippen molar-refractivity contribution in [1.82, 2.24) is 0 Å². The Hall–Kier alpha value is -1.59. The molecule has 0 bridgehead atoms. The van der Waals surface area contributed by atoms with E-state index in [2.05, 4.69) is 0 Å². The Balaban J connectivity index is 3.28. The lowest BCUT2D eigenvalue weighted by Gasteiger charge is -2.54. The van der Waals surface area contributed by atoms with Crippen LogP contribution in [0.3, 0.4) is 0 Å². The molecule has 102 valence electrons. The van der Waals surface area contributed by atoms with Crippen molar-refractivity contribution in [2.75, 3.05) is 0 Å². The van der Waals surface area contributed by atoms with E-state index in [4.69, 9.17) is 0 Å². The second-order valence-corrected chi connectivity index (χ2v) is 6.07. The Bertz CT molecular complexity index is 343. The van der Waals surface area contributed by atoms with Crippen LogP contribution < -0.4 is 15.3 Å². The molecule has 0 aromatic heterocycles. The van der Waals surface area contributed by atoms with Crippen LogP contribution in [0.2, 0.25) is 0 Å². The van der Waals surface area contributed by atoms with Crippen molar-refractivity contribution in [3.05, 3.63) is 0 Å². The van der Waals surface area contributed by atoms with E-state index in [-0.39, 0.29) is 19.3 Å². The second-order valence-electron chi connectivity index (χ2n) is 6.07. The van der Waals surface area contributed by atoms with Crippen LogP contribution in [0.5, 0.6) is 0 Å². The van der Waals surface area contributed by atoms with Crippen LogP contribution in [0.25, 0.3) is 0 Å². The summed E-state index contributed by atoms with van der Waals surface area (Å²) in [6.45, 7) is 3.89. The Morgan fingerprint density at radius 1 is 0.667 bits per heavy atom. The van der Waals surface area contributed by atoms with Crippen LogP contribution in [-0.4, -0.2) is 17.9 Å². The minimum atomic E-state index is -1.53. The summed E-state index contributed by atoms with van der Waals surface area (Å²) in [5.74, 6) is -4.37. The lowest BCUT2D eigenvalue weighted by molar-refractivity contribution is -0.340. The molecule has 0 spiro atoms. The van der Waals surface area contributed by atoms with E-state index in [0.29, 0.717) is 0 Å². The largest absolute Gasteiger partial charge is 0.550 e. The van der Waals surface area contributed by atoms with Gasteiger partial charge in [0.15, 0.2) is 0 Å². The lowest BCUT2D eigenvalue weighted by Crippen LogP contribution is -2.59. The summed E-state index contributed by atoms with van der Waals surface area (Å²) in [5.41, 5.74) is -4.58. The molecule has 1 fully saturated rings. The molecule has 0 atom stereocenters. The smallest absolute Gasteiger partial charge is 0.0474 e. The van der Waals surface area contributed by atoms with Crippen molar-refractivity contribution in [3.63, 3.8) is 0 Å². The summed E-state index contributed by atoms with van der Waals surface area (Å²) in [6, 6.07) is 0. The highest BCUT2D eigenvalue weighted by Gasteiger charge is 2.50. The summed E-state index contributed by atoms with van der Waals surface area (Å²) in [6.07, 6.45) is -0.644. The molecule has 0 aliphatic heterocycles. The number of hydrogen-bond acceptors (Lipinski definition) is 6. The SMILES string of the molecule is CC1(C(=O)[O-])CC(C)(C(=O)[O-])CC(C)(C(=O)[O-])C1. The topological polar surface area (TPSA) is 120 Å². The predicted molar refractivity (Wildman–Crippen MR) is 53.2 cm³/mol. The van der Waals surface area contributed by atoms with Crippen molar-refractivity contribution in [2.45, 2.75) is 40.0 Å². The van der Waals surface area contributed by atoms with Gasteiger partial charge in [-0.1, -0.05) is 20.8 Å². The van der Waals surface area contributed by atoms with Gasteiger partial charge in [0.05, 0.1) is 0 Å². The minimum Gasteiger partial charge on any atom is -0.550 e. The van der Waals surface area contributed by atoms with Gasteiger partial charge in [-0.25, -0.2) is 0 Å². The van der Waals surface area contributed by atoms with Crippen molar-refractivity contribution in [1.29, 1.82) is 0 Å². The third kappa shape index (κ3) is 2.19. The maximum absolute atomic E-state index is 11.2. The molecule has 0 amide bonds. The van der Waals surface area contributed by atoms with Gasteiger partial charge in [-0.05, 0) is 19.3 Å². The molecule has 1 aliphatic carbocycles. The molecular weight excluding hydrogens is 240 g/mol. The Kier molecular flexibility index (Phi) is 3.19. The molecule has 6 heteroatoms. The number of rotatable bonds is 3. The quantitative estimate of drug-likeness (QED) is 0.547. The van der Waals surface area contributed by atoms with Crippen molar-refractivity contribution in [3.8, 4) is 0 Å². The Morgan fingerprint density at radius 2 is 0.833 bits per heavy atom. The van der Waals surface area contributed by atoms with E-state index in [0.717, 1.165) is 0 Å². The van der Waals surface area contributed by atoms with Crippen molar-refractivity contribution >= 4 is 17.9 Å². The first-order valence-corrected chi connectivity index (χ1v) is 5.60. The highest BCUT2D eigenvalue weighted by molar-refractivity contribution is 5.81. The number of carbonyl (C=O) groups excluding carboxylic acids is 3. The van der Waals surface area contributed by atoms with Crippen LogP contribution in [0.1, 0.15) is 40.0 Å². The van der Waals surface area contributed by atoms with Gasteiger partial charge < -0.3 is 29.7 Å². The molecule has 0 heterocycles. The monoisotopic (exact) mass is 255 g/mol. The summed E-state index contributed by atoms with van der Waals surface area (Å²) in [5, 5.41) is 33.5. The number of hydrogen-bond donors (Lipinski definition) is 0. The Labute approximate surface area is 105 Å². The molecule has 1 aliphatic rings. The van der Waals surface area contributed by atoms with Gasteiger partial charge >= 0.3 is 0 Å². The average molecular weight is 255 g/mol. The van der Waals surface area contributed by atoms with Crippen LogP contribution >= 0.6 is 0 Å². The van der Waals surface area contributed by atoms with Gasteiger partial charge in [0.25, 0.3) is 0 Å². The zero-order valence-corrected chi connectivity index (χ0v) is 10.6.